The van der Waals surface area contributed by atoms with Gasteiger partial charge < -0.3 is 25.0 Å². The Morgan fingerprint density at radius 1 is 1.00 bits per heavy atom. The van der Waals surface area contributed by atoms with Crippen molar-refractivity contribution in [3.8, 4) is 0 Å². The van der Waals surface area contributed by atoms with Crippen molar-refractivity contribution in [3.63, 3.8) is 0 Å². The summed E-state index contributed by atoms with van der Waals surface area (Å²) in [4.78, 5) is 55.5. The molecule has 2 N–H and O–H groups in total. The van der Waals surface area contributed by atoms with Crippen LogP contribution in [0.5, 0.6) is 0 Å². The maximum absolute atomic E-state index is 14.3. The molecule has 3 amide bonds. The zero-order valence-corrected chi connectivity index (χ0v) is 30.4. The second kappa shape index (κ2) is 14.5. The molecule has 274 valence electrons. The second-order valence-electron chi connectivity index (χ2n) is 16.0. The summed E-state index contributed by atoms with van der Waals surface area (Å²) >= 11 is 0. The Bertz CT molecular complexity index is 1580. The number of benzene rings is 1. The monoisotopic (exact) mass is 694 g/mol. The second-order valence-corrected chi connectivity index (χ2v) is 16.0. The number of nitrogens with zero attached hydrogens (tertiary/aromatic N) is 2. The number of ether oxygens (including phenoxy) is 2. The summed E-state index contributed by atoms with van der Waals surface area (Å²) in [6.45, 7) is 9.19. The van der Waals surface area contributed by atoms with Gasteiger partial charge in [-0.05, 0) is 94.9 Å². The molecular formula is C39H55FN4O6. The third kappa shape index (κ3) is 7.11. The number of fused-ring (bicyclic) bond motifs is 3. The van der Waals surface area contributed by atoms with E-state index in [1.54, 1.807) is 20.8 Å². The summed E-state index contributed by atoms with van der Waals surface area (Å²) in [6, 6.07) is 6.33. The minimum Gasteiger partial charge on any atom is -0.444 e. The molecule has 10 nitrogen and oxygen atoms in total. The van der Waals surface area contributed by atoms with Gasteiger partial charge in [-0.3, -0.25) is 14.2 Å². The summed E-state index contributed by atoms with van der Waals surface area (Å²) in [7, 11) is 0. The minimum atomic E-state index is -0.711. The average molecular weight is 695 g/mol. The molecule has 11 heteroatoms. The first-order valence-corrected chi connectivity index (χ1v) is 18.9. The molecule has 0 unspecified atom stereocenters. The topological polar surface area (TPSA) is 119 Å². The van der Waals surface area contributed by atoms with Gasteiger partial charge in [-0.25, -0.2) is 14.0 Å². The first-order valence-electron chi connectivity index (χ1n) is 18.9. The van der Waals surface area contributed by atoms with Crippen LogP contribution in [0, 0.1) is 23.7 Å². The first kappa shape index (κ1) is 36.2. The van der Waals surface area contributed by atoms with Crippen molar-refractivity contribution < 1.29 is 33.0 Å². The number of carbonyl (C=O) groups is 4. The maximum atomic E-state index is 14.3. The number of aromatic nitrogens is 1. The van der Waals surface area contributed by atoms with E-state index in [-0.39, 0.29) is 35.5 Å². The Labute approximate surface area is 295 Å². The van der Waals surface area contributed by atoms with Gasteiger partial charge in [-0.2, -0.15) is 0 Å². The Kier molecular flexibility index (Phi) is 10.5. The summed E-state index contributed by atoms with van der Waals surface area (Å²) in [5, 5.41) is 6.73. The third-order valence-corrected chi connectivity index (χ3v) is 11.9. The molecule has 3 fully saturated rings. The number of rotatable bonds is 9. The van der Waals surface area contributed by atoms with Crippen LogP contribution in [0.25, 0.3) is 10.9 Å². The van der Waals surface area contributed by atoms with Gasteiger partial charge in [-0.15, -0.1) is 0 Å². The molecule has 2 aliphatic heterocycles. The minimum absolute atomic E-state index is 0.00658. The molecule has 0 spiro atoms. The summed E-state index contributed by atoms with van der Waals surface area (Å²) in [6.07, 6.45) is 9.54. The zero-order chi connectivity index (χ0) is 35.8. The highest BCUT2D eigenvalue weighted by Crippen LogP contribution is 2.43. The maximum Gasteiger partial charge on any atom is 0.407 e. The quantitative estimate of drug-likeness (QED) is 0.260. The van der Waals surface area contributed by atoms with Gasteiger partial charge >= 0.3 is 12.1 Å². The fraction of sp³-hybridized carbons (Fsp3) is 0.692. The van der Waals surface area contributed by atoms with Gasteiger partial charge in [0.25, 0.3) is 0 Å². The largest absolute Gasteiger partial charge is 0.444 e. The summed E-state index contributed by atoms with van der Waals surface area (Å²) in [5.74, 6) is -0.331. The molecule has 2 aliphatic carbocycles. The number of amides is 3. The van der Waals surface area contributed by atoms with Crippen LogP contribution in [0.2, 0.25) is 0 Å². The number of alkyl halides is 1. The van der Waals surface area contributed by atoms with Crippen molar-refractivity contribution in [2.45, 2.75) is 135 Å². The van der Waals surface area contributed by atoms with Gasteiger partial charge in [0.2, 0.25) is 11.8 Å². The molecule has 1 saturated heterocycles. The molecule has 2 aromatic rings. The summed E-state index contributed by atoms with van der Waals surface area (Å²) in [5.41, 5.74) is 0.653. The number of carbonyl (C=O) groups excluding carboxylic acids is 4. The number of hydrogen-bond acceptors (Lipinski definition) is 6. The molecule has 0 radical (unpaired) electrons. The normalized spacial score (nSPS) is 26.0. The van der Waals surface area contributed by atoms with E-state index in [0.717, 1.165) is 43.0 Å². The lowest BCUT2D eigenvalue weighted by Gasteiger charge is -2.37. The number of halogens is 1. The molecule has 50 heavy (non-hydrogen) atoms. The van der Waals surface area contributed by atoms with E-state index in [9.17, 15) is 23.6 Å². The van der Waals surface area contributed by atoms with Crippen LogP contribution in [0.3, 0.4) is 0 Å². The molecule has 0 bridgehead atoms. The zero-order valence-electron chi connectivity index (χ0n) is 30.4. The molecule has 2 saturated carbocycles. The van der Waals surface area contributed by atoms with Gasteiger partial charge in [-0.1, -0.05) is 46.0 Å². The van der Waals surface area contributed by atoms with Crippen molar-refractivity contribution in [2.75, 3.05) is 18.5 Å². The smallest absolute Gasteiger partial charge is 0.407 e. The third-order valence-electron chi connectivity index (χ3n) is 11.9. The number of alkyl carbamates (subject to hydrolysis) is 1. The van der Waals surface area contributed by atoms with Gasteiger partial charge in [0, 0.05) is 36.4 Å². The van der Waals surface area contributed by atoms with Crippen molar-refractivity contribution in [2.24, 2.45) is 23.7 Å². The molecule has 1 aromatic heterocycles. The number of nitrogens with one attached hydrogen (secondary N) is 2. The number of hydrogen-bond donors (Lipinski definition) is 2. The van der Waals surface area contributed by atoms with Gasteiger partial charge in [0.15, 0.2) is 5.72 Å². The SMILES string of the molecule is CCC1(CC)OC(=O)c2cc3cc(NC(=O)[C@@H]4[C@H](C5CCCCC5)CCN4C(=O)[C@H]4CC[C@H]([C@@H](CF)NC(=O)OC(C)(C)C)CC4)ccc3n21. The molecule has 4 aliphatic rings. The first-order chi connectivity index (χ1) is 23.9. The lowest BCUT2D eigenvalue weighted by molar-refractivity contribution is -0.142. The van der Waals surface area contributed by atoms with Crippen LogP contribution in [-0.4, -0.2) is 64.2 Å². The van der Waals surface area contributed by atoms with E-state index < -0.39 is 36.2 Å². The highest BCUT2D eigenvalue weighted by Gasteiger charge is 2.47. The number of cyclic esters (lactones) is 1. The van der Waals surface area contributed by atoms with Crippen LogP contribution in [-0.2, 0) is 24.8 Å². The Balaban J connectivity index is 1.17. The van der Waals surface area contributed by atoms with E-state index >= 15 is 0 Å². The van der Waals surface area contributed by atoms with E-state index in [1.165, 1.54) is 6.42 Å². The Morgan fingerprint density at radius 3 is 2.34 bits per heavy atom. The molecule has 3 atom stereocenters. The molecule has 6 rings (SSSR count). The van der Waals surface area contributed by atoms with E-state index in [0.29, 0.717) is 62.4 Å². The van der Waals surface area contributed by atoms with Crippen molar-refractivity contribution in [3.05, 3.63) is 30.0 Å². The van der Waals surface area contributed by atoms with Crippen LogP contribution in [0.1, 0.15) is 122 Å². The van der Waals surface area contributed by atoms with Crippen molar-refractivity contribution in [1.29, 1.82) is 0 Å². The highest BCUT2D eigenvalue weighted by molar-refractivity contribution is 6.02. The van der Waals surface area contributed by atoms with Crippen LogP contribution in [0.15, 0.2) is 24.3 Å². The van der Waals surface area contributed by atoms with Gasteiger partial charge in [0.05, 0.1) is 11.6 Å². The molecule has 3 heterocycles. The van der Waals surface area contributed by atoms with Crippen molar-refractivity contribution in [1.82, 2.24) is 14.8 Å². The number of esters is 1. The van der Waals surface area contributed by atoms with Gasteiger partial charge in [0.1, 0.15) is 24.0 Å². The number of likely N-dealkylation sites (tertiary alicyclic amines) is 1. The van der Waals surface area contributed by atoms with Crippen molar-refractivity contribution >= 4 is 40.5 Å². The Hall–Kier alpha value is -3.63. The van der Waals surface area contributed by atoms with E-state index in [4.69, 9.17) is 9.47 Å². The number of anilines is 1. The van der Waals surface area contributed by atoms with E-state index in [2.05, 4.69) is 10.6 Å². The highest BCUT2D eigenvalue weighted by atomic mass is 19.1. The lowest BCUT2D eigenvalue weighted by atomic mass is 9.76. The Morgan fingerprint density at radius 2 is 1.70 bits per heavy atom. The molecule has 1 aromatic carbocycles. The van der Waals surface area contributed by atoms with Crippen LogP contribution < -0.4 is 10.6 Å². The van der Waals surface area contributed by atoms with E-state index in [1.807, 2.05) is 47.6 Å². The predicted octanol–water partition coefficient (Wildman–Crippen LogP) is 7.69. The predicted molar refractivity (Wildman–Crippen MR) is 189 cm³/mol. The molecular weight excluding hydrogens is 639 g/mol. The summed E-state index contributed by atoms with van der Waals surface area (Å²) < 4.78 is 27.2. The van der Waals surface area contributed by atoms with Crippen LogP contribution >= 0.6 is 0 Å². The fourth-order valence-corrected chi connectivity index (χ4v) is 9.28. The fourth-order valence-electron chi connectivity index (χ4n) is 9.28. The lowest BCUT2D eigenvalue weighted by Crippen LogP contribution is -2.50. The van der Waals surface area contributed by atoms with Crippen LogP contribution in [0.4, 0.5) is 14.9 Å². The standard InChI is InChI=1S/C39H55FN4O6/c1-6-39(7-2)44-31-18-17-28(21-27(31)22-32(44)36(47)49-39)41-34(45)33-29(24-11-9-8-10-12-24)19-20-43(33)35(46)26-15-13-25(14-16-26)30(23-40)42-37(48)50-38(3,4)5/h17-18,21-22,24-26,29-30,33H,6-16,19-20,23H2,1-5H3,(H,41,45)(H,42,48)/t25-,26-,29-,30+,33-/m0/s1. The average Bonchev–Trinajstić information content (AvgIpc) is 3.79.